The molecule has 124 valence electrons. The molecule has 0 amide bonds. The molecule has 0 saturated heterocycles. The third kappa shape index (κ3) is 5.19. The molecular formula is C20H23N3O. The van der Waals surface area contributed by atoms with E-state index in [4.69, 9.17) is 10.6 Å². The normalized spacial score (nSPS) is 11.2. The lowest BCUT2D eigenvalue weighted by Gasteiger charge is -2.19. The van der Waals surface area contributed by atoms with Gasteiger partial charge in [0.1, 0.15) is 5.84 Å². The number of hydroxylamine groups is 1. The zero-order valence-electron chi connectivity index (χ0n) is 13.8. The zero-order chi connectivity index (χ0) is 17.2. The van der Waals surface area contributed by atoms with E-state index in [-0.39, 0.29) is 0 Å². The van der Waals surface area contributed by atoms with Crippen molar-refractivity contribution in [2.45, 2.75) is 13.5 Å². The van der Waals surface area contributed by atoms with Crippen molar-refractivity contribution in [2.24, 2.45) is 0 Å². The van der Waals surface area contributed by atoms with Gasteiger partial charge in [-0.25, -0.2) is 5.48 Å². The smallest absolute Gasteiger partial charge is 0.124 e. The van der Waals surface area contributed by atoms with Gasteiger partial charge in [-0.1, -0.05) is 60.7 Å². The van der Waals surface area contributed by atoms with E-state index in [9.17, 15) is 0 Å². The molecule has 0 spiro atoms. The van der Waals surface area contributed by atoms with Crippen LogP contribution in [0.4, 0.5) is 0 Å². The van der Waals surface area contributed by atoms with Crippen molar-refractivity contribution >= 4 is 5.84 Å². The van der Waals surface area contributed by atoms with Gasteiger partial charge >= 0.3 is 0 Å². The van der Waals surface area contributed by atoms with Gasteiger partial charge in [0.15, 0.2) is 0 Å². The lowest BCUT2D eigenvalue weighted by molar-refractivity contribution is 0.179. The number of hydrogen-bond donors (Lipinski definition) is 3. The van der Waals surface area contributed by atoms with E-state index in [1.54, 1.807) is 12.2 Å². The largest absolute Gasteiger partial charge is 0.329 e. The molecule has 0 unspecified atom stereocenters. The van der Waals surface area contributed by atoms with Crippen molar-refractivity contribution < 1.29 is 5.21 Å². The molecule has 4 heteroatoms. The first-order valence-corrected chi connectivity index (χ1v) is 7.90. The van der Waals surface area contributed by atoms with Crippen LogP contribution in [0.5, 0.6) is 0 Å². The molecule has 3 N–H and O–H groups in total. The van der Waals surface area contributed by atoms with Gasteiger partial charge in [-0.2, -0.15) is 0 Å². The highest BCUT2D eigenvalue weighted by molar-refractivity contribution is 5.90. The van der Waals surface area contributed by atoms with Crippen LogP contribution in [0.2, 0.25) is 0 Å². The molecule has 0 heterocycles. The molecule has 0 aliphatic carbocycles. The monoisotopic (exact) mass is 321 g/mol. The number of hydrogen-bond acceptors (Lipinski definition) is 3. The van der Waals surface area contributed by atoms with Gasteiger partial charge in [-0.3, -0.25) is 5.41 Å². The molecule has 0 atom stereocenters. The first-order valence-electron chi connectivity index (χ1n) is 7.90. The Balaban J connectivity index is 2.16. The Hall–Kier alpha value is -2.69. The second kappa shape index (κ2) is 9.45. The number of benzene rings is 2. The van der Waals surface area contributed by atoms with Crippen LogP contribution < -0.4 is 5.48 Å². The highest BCUT2D eigenvalue weighted by atomic mass is 16.5. The summed E-state index contributed by atoms with van der Waals surface area (Å²) in [6.45, 7) is 2.86. The Bertz CT molecular complexity index is 708. The second-order valence-electron chi connectivity index (χ2n) is 5.33. The van der Waals surface area contributed by atoms with Crippen LogP contribution in [0.1, 0.15) is 12.5 Å². The molecule has 2 aromatic carbocycles. The van der Waals surface area contributed by atoms with Gasteiger partial charge in [0.05, 0.1) is 0 Å². The maximum atomic E-state index is 8.60. The van der Waals surface area contributed by atoms with Crippen molar-refractivity contribution in [3.8, 4) is 11.1 Å². The third-order valence-corrected chi connectivity index (χ3v) is 3.51. The quantitative estimate of drug-likeness (QED) is 0.407. The number of amidine groups is 1. The van der Waals surface area contributed by atoms with Crippen molar-refractivity contribution in [1.82, 2.24) is 10.4 Å². The van der Waals surface area contributed by atoms with E-state index in [1.165, 1.54) is 11.1 Å². The summed E-state index contributed by atoms with van der Waals surface area (Å²) in [5, 5.41) is 16.8. The Morgan fingerprint density at radius 1 is 1.12 bits per heavy atom. The average Bonchev–Trinajstić information content (AvgIpc) is 2.62. The summed E-state index contributed by atoms with van der Waals surface area (Å²) in [4.78, 5) is 1.86. The lowest BCUT2D eigenvalue weighted by atomic mass is 10.0. The molecular weight excluding hydrogens is 298 g/mol. The van der Waals surface area contributed by atoms with E-state index >= 15 is 0 Å². The Morgan fingerprint density at radius 3 is 2.58 bits per heavy atom. The summed E-state index contributed by atoms with van der Waals surface area (Å²) in [6.07, 6.45) is 7.17. The number of nitrogens with one attached hydrogen (secondary N) is 2. The van der Waals surface area contributed by atoms with Crippen molar-refractivity contribution in [3.63, 3.8) is 0 Å². The molecule has 0 fully saturated rings. The van der Waals surface area contributed by atoms with Gasteiger partial charge in [0.2, 0.25) is 0 Å². The summed E-state index contributed by atoms with van der Waals surface area (Å²) >= 11 is 0. The first kappa shape index (κ1) is 17.7. The molecule has 2 aromatic rings. The summed E-state index contributed by atoms with van der Waals surface area (Å²) in [5.74, 6) is 0.369. The van der Waals surface area contributed by atoms with E-state index < -0.39 is 0 Å². The average molecular weight is 321 g/mol. The maximum Gasteiger partial charge on any atom is 0.124 e. The Morgan fingerprint density at radius 2 is 1.88 bits per heavy atom. The summed E-state index contributed by atoms with van der Waals surface area (Å²) in [5.41, 5.74) is 5.53. The van der Waals surface area contributed by atoms with E-state index in [1.807, 2.05) is 53.8 Å². The summed E-state index contributed by atoms with van der Waals surface area (Å²) < 4.78 is 0. The standard InChI is InChI=1S/C20H23N3O/c1-2-14-23(20(21)12-7-13-22-24)16-17-8-6-11-19(15-17)18-9-4-3-5-10-18/h2-12,14-15,21-22,24H,13,16H2,1H3/b12-7+,14-2-,21-20?. The topological polar surface area (TPSA) is 59.4 Å². The highest BCUT2D eigenvalue weighted by Crippen LogP contribution is 2.21. The fourth-order valence-electron chi connectivity index (χ4n) is 2.39. The van der Waals surface area contributed by atoms with Gasteiger partial charge in [0, 0.05) is 19.3 Å². The van der Waals surface area contributed by atoms with E-state index in [0.717, 1.165) is 5.56 Å². The number of allylic oxidation sites excluding steroid dienone is 1. The van der Waals surface area contributed by atoms with Crippen molar-refractivity contribution in [2.75, 3.05) is 6.54 Å². The minimum absolute atomic E-state index is 0.315. The summed E-state index contributed by atoms with van der Waals surface area (Å²) in [6, 6.07) is 18.6. The van der Waals surface area contributed by atoms with Crippen molar-refractivity contribution in [1.29, 1.82) is 5.41 Å². The van der Waals surface area contributed by atoms with Crippen LogP contribution in [0.25, 0.3) is 11.1 Å². The summed E-state index contributed by atoms with van der Waals surface area (Å²) in [7, 11) is 0. The minimum Gasteiger partial charge on any atom is -0.329 e. The van der Waals surface area contributed by atoms with Gasteiger partial charge < -0.3 is 10.1 Å². The predicted molar refractivity (Wildman–Crippen MR) is 98.9 cm³/mol. The second-order valence-corrected chi connectivity index (χ2v) is 5.33. The molecule has 0 bridgehead atoms. The van der Waals surface area contributed by atoms with Crippen LogP contribution in [0.15, 0.2) is 79.0 Å². The first-order chi connectivity index (χ1) is 11.7. The van der Waals surface area contributed by atoms with Crippen LogP contribution in [-0.4, -0.2) is 22.5 Å². The van der Waals surface area contributed by atoms with Crippen LogP contribution in [-0.2, 0) is 6.54 Å². The van der Waals surface area contributed by atoms with Crippen LogP contribution in [0.3, 0.4) is 0 Å². The predicted octanol–water partition coefficient (Wildman–Crippen LogP) is 4.20. The Kier molecular flexibility index (Phi) is 6.95. The lowest BCUT2D eigenvalue weighted by Crippen LogP contribution is -2.23. The minimum atomic E-state index is 0.315. The fraction of sp³-hybridized carbons (Fsp3) is 0.150. The zero-order valence-corrected chi connectivity index (χ0v) is 13.8. The van der Waals surface area contributed by atoms with Crippen molar-refractivity contribution in [3.05, 3.63) is 84.6 Å². The SMILES string of the molecule is C/C=C\N(Cc1cccc(-c2ccccc2)c1)C(=N)/C=C/CNO. The van der Waals surface area contributed by atoms with Gasteiger partial charge in [-0.05, 0) is 35.8 Å². The van der Waals surface area contributed by atoms with Crippen LogP contribution in [0, 0.1) is 5.41 Å². The highest BCUT2D eigenvalue weighted by Gasteiger charge is 2.06. The number of nitrogens with zero attached hydrogens (tertiary/aromatic N) is 1. The molecule has 0 aliphatic heterocycles. The molecule has 4 nitrogen and oxygen atoms in total. The molecule has 24 heavy (non-hydrogen) atoms. The molecule has 0 saturated carbocycles. The van der Waals surface area contributed by atoms with E-state index in [0.29, 0.717) is 18.9 Å². The van der Waals surface area contributed by atoms with Gasteiger partial charge in [-0.15, -0.1) is 0 Å². The van der Waals surface area contributed by atoms with Crippen LogP contribution >= 0.6 is 0 Å². The molecule has 2 rings (SSSR count). The maximum absolute atomic E-state index is 8.60. The fourth-order valence-corrected chi connectivity index (χ4v) is 2.39. The van der Waals surface area contributed by atoms with Gasteiger partial charge in [0.25, 0.3) is 0 Å². The molecule has 0 aliphatic rings. The Labute approximate surface area is 143 Å². The van der Waals surface area contributed by atoms with E-state index in [2.05, 4.69) is 30.3 Å². The molecule has 0 aromatic heterocycles. The molecule has 0 radical (unpaired) electrons. The third-order valence-electron chi connectivity index (χ3n) is 3.51. The number of rotatable bonds is 7.